The SMILES string of the molecule is c1ccc(-c2cc(-c3ccccc3)cc(-c3ccc(-c4ccc(-n5c6ccccc6c6ccccc65)cc4)cc3)c2)cc1. The number of para-hydroxylation sites is 2. The van der Waals surface area contributed by atoms with Gasteiger partial charge in [-0.15, -0.1) is 0 Å². The summed E-state index contributed by atoms with van der Waals surface area (Å²) in [4.78, 5) is 0. The van der Waals surface area contributed by atoms with Crippen LogP contribution in [0.15, 0.2) is 176 Å². The smallest absolute Gasteiger partial charge is 0.0541 e. The lowest BCUT2D eigenvalue weighted by molar-refractivity contribution is 1.18. The second-order valence-electron chi connectivity index (χ2n) is 11.0. The van der Waals surface area contributed by atoms with Crippen LogP contribution in [-0.4, -0.2) is 4.57 Å². The molecule has 0 amide bonds. The molecule has 1 heterocycles. The summed E-state index contributed by atoms with van der Waals surface area (Å²) >= 11 is 0. The Morgan fingerprint density at radius 1 is 0.256 bits per heavy atom. The van der Waals surface area contributed by atoms with Crippen LogP contribution in [0.3, 0.4) is 0 Å². The fourth-order valence-electron chi connectivity index (χ4n) is 6.25. The second-order valence-corrected chi connectivity index (χ2v) is 11.0. The van der Waals surface area contributed by atoms with E-state index >= 15 is 0 Å². The van der Waals surface area contributed by atoms with Gasteiger partial charge >= 0.3 is 0 Å². The molecule has 8 rings (SSSR count). The minimum absolute atomic E-state index is 1.17. The van der Waals surface area contributed by atoms with Gasteiger partial charge in [0.05, 0.1) is 11.0 Å². The molecular weight excluding hydrogens is 518 g/mol. The maximum Gasteiger partial charge on any atom is 0.0541 e. The highest BCUT2D eigenvalue weighted by Gasteiger charge is 2.12. The van der Waals surface area contributed by atoms with Gasteiger partial charge in [-0.05, 0) is 87.0 Å². The fraction of sp³-hybridized carbons (Fsp3) is 0. The van der Waals surface area contributed by atoms with Crippen LogP contribution in [0.4, 0.5) is 0 Å². The van der Waals surface area contributed by atoms with E-state index in [0.29, 0.717) is 0 Å². The Morgan fingerprint density at radius 3 is 1.02 bits per heavy atom. The molecule has 1 nitrogen and oxygen atoms in total. The van der Waals surface area contributed by atoms with Crippen molar-refractivity contribution in [3.8, 4) is 50.2 Å². The lowest BCUT2D eigenvalue weighted by Gasteiger charge is -2.12. The minimum Gasteiger partial charge on any atom is -0.309 e. The van der Waals surface area contributed by atoms with Gasteiger partial charge in [0.2, 0.25) is 0 Å². The Labute approximate surface area is 251 Å². The second kappa shape index (κ2) is 10.6. The number of fused-ring (bicyclic) bond motifs is 3. The van der Waals surface area contributed by atoms with Crippen molar-refractivity contribution >= 4 is 21.8 Å². The Hall–Kier alpha value is -5.66. The zero-order valence-electron chi connectivity index (χ0n) is 23.7. The first kappa shape index (κ1) is 25.1. The quantitative estimate of drug-likeness (QED) is 0.202. The van der Waals surface area contributed by atoms with E-state index in [9.17, 15) is 0 Å². The van der Waals surface area contributed by atoms with Crippen LogP contribution in [0, 0.1) is 0 Å². The van der Waals surface area contributed by atoms with Gasteiger partial charge in [-0.3, -0.25) is 0 Å². The molecule has 202 valence electrons. The number of aromatic nitrogens is 1. The molecule has 0 saturated carbocycles. The molecule has 0 aliphatic carbocycles. The van der Waals surface area contributed by atoms with Crippen LogP contribution >= 0.6 is 0 Å². The average molecular weight is 548 g/mol. The van der Waals surface area contributed by atoms with Crippen molar-refractivity contribution in [3.63, 3.8) is 0 Å². The molecular formula is C42H29N. The molecule has 0 N–H and O–H groups in total. The van der Waals surface area contributed by atoms with E-state index in [1.165, 1.54) is 72.0 Å². The van der Waals surface area contributed by atoms with E-state index in [1.54, 1.807) is 0 Å². The standard InChI is InChI=1S/C42H29N/c1-3-11-30(12-4-1)35-27-36(31-13-5-2-6-14-31)29-37(28-35)34-21-19-32(20-22-34)33-23-25-38(26-24-33)43-41-17-9-7-15-39(41)40-16-8-10-18-42(40)43/h1-29H. The van der Waals surface area contributed by atoms with Crippen LogP contribution in [-0.2, 0) is 0 Å². The highest BCUT2D eigenvalue weighted by molar-refractivity contribution is 6.09. The first-order valence-electron chi connectivity index (χ1n) is 14.8. The van der Waals surface area contributed by atoms with E-state index < -0.39 is 0 Å². The van der Waals surface area contributed by atoms with Crippen LogP contribution < -0.4 is 0 Å². The van der Waals surface area contributed by atoms with Crippen molar-refractivity contribution < 1.29 is 0 Å². The molecule has 43 heavy (non-hydrogen) atoms. The van der Waals surface area contributed by atoms with Crippen molar-refractivity contribution in [1.82, 2.24) is 4.57 Å². The first-order chi connectivity index (χ1) is 21.3. The molecule has 0 radical (unpaired) electrons. The molecule has 0 aliphatic rings. The number of rotatable bonds is 5. The van der Waals surface area contributed by atoms with Gasteiger partial charge in [0.25, 0.3) is 0 Å². The Balaban J connectivity index is 1.15. The highest BCUT2D eigenvalue weighted by Crippen LogP contribution is 2.35. The summed E-state index contributed by atoms with van der Waals surface area (Å²) in [6, 6.07) is 63.4. The fourth-order valence-corrected chi connectivity index (χ4v) is 6.25. The van der Waals surface area contributed by atoms with Gasteiger partial charge in [0, 0.05) is 16.5 Å². The Kier molecular flexibility index (Phi) is 6.20. The summed E-state index contributed by atoms with van der Waals surface area (Å²) < 4.78 is 2.36. The summed E-state index contributed by atoms with van der Waals surface area (Å²) in [5.41, 5.74) is 13.4. The number of hydrogen-bond donors (Lipinski definition) is 0. The lowest BCUT2D eigenvalue weighted by Crippen LogP contribution is -1.93. The van der Waals surface area contributed by atoms with Crippen molar-refractivity contribution in [2.75, 3.05) is 0 Å². The number of nitrogens with zero attached hydrogens (tertiary/aromatic N) is 1. The first-order valence-corrected chi connectivity index (χ1v) is 14.8. The largest absolute Gasteiger partial charge is 0.309 e. The summed E-state index contributed by atoms with van der Waals surface area (Å²) in [6.45, 7) is 0. The van der Waals surface area contributed by atoms with Gasteiger partial charge in [0.15, 0.2) is 0 Å². The van der Waals surface area contributed by atoms with Gasteiger partial charge in [0.1, 0.15) is 0 Å². The van der Waals surface area contributed by atoms with E-state index in [2.05, 4.69) is 180 Å². The van der Waals surface area contributed by atoms with E-state index in [-0.39, 0.29) is 0 Å². The number of hydrogen-bond acceptors (Lipinski definition) is 0. The van der Waals surface area contributed by atoms with Crippen molar-refractivity contribution in [3.05, 3.63) is 176 Å². The maximum absolute atomic E-state index is 2.36. The average Bonchev–Trinajstić information content (AvgIpc) is 3.43. The zero-order valence-corrected chi connectivity index (χ0v) is 23.7. The minimum atomic E-state index is 1.17. The van der Waals surface area contributed by atoms with Crippen LogP contribution in [0.25, 0.3) is 72.0 Å². The molecule has 8 aromatic rings. The summed E-state index contributed by atoms with van der Waals surface area (Å²) in [7, 11) is 0. The van der Waals surface area contributed by atoms with Gasteiger partial charge in [-0.25, -0.2) is 0 Å². The molecule has 0 fully saturated rings. The molecule has 1 heteroatoms. The third-order valence-corrected chi connectivity index (χ3v) is 8.40. The topological polar surface area (TPSA) is 4.93 Å². The van der Waals surface area contributed by atoms with Crippen molar-refractivity contribution in [2.45, 2.75) is 0 Å². The van der Waals surface area contributed by atoms with Crippen LogP contribution in [0.1, 0.15) is 0 Å². The third kappa shape index (κ3) is 4.62. The number of benzene rings is 7. The third-order valence-electron chi connectivity index (χ3n) is 8.40. The predicted molar refractivity (Wildman–Crippen MR) is 183 cm³/mol. The lowest BCUT2D eigenvalue weighted by atomic mass is 9.92. The molecule has 0 spiro atoms. The molecule has 0 saturated heterocycles. The molecule has 0 atom stereocenters. The van der Waals surface area contributed by atoms with Gasteiger partial charge in [-0.2, -0.15) is 0 Å². The molecule has 1 aromatic heterocycles. The summed E-state index contributed by atoms with van der Waals surface area (Å²) in [5.74, 6) is 0. The molecule has 0 bridgehead atoms. The van der Waals surface area contributed by atoms with E-state index in [0.717, 1.165) is 0 Å². The predicted octanol–water partition coefficient (Wildman–Crippen LogP) is 11.5. The van der Waals surface area contributed by atoms with Crippen molar-refractivity contribution in [2.24, 2.45) is 0 Å². The normalized spacial score (nSPS) is 11.3. The molecule has 0 aliphatic heterocycles. The van der Waals surface area contributed by atoms with E-state index in [4.69, 9.17) is 0 Å². The summed E-state index contributed by atoms with van der Waals surface area (Å²) in [6.07, 6.45) is 0. The maximum atomic E-state index is 2.36. The van der Waals surface area contributed by atoms with E-state index in [1.807, 2.05) is 0 Å². The van der Waals surface area contributed by atoms with Crippen LogP contribution in [0.2, 0.25) is 0 Å². The van der Waals surface area contributed by atoms with Crippen LogP contribution in [0.5, 0.6) is 0 Å². The van der Waals surface area contributed by atoms with Gasteiger partial charge < -0.3 is 4.57 Å². The monoisotopic (exact) mass is 547 g/mol. The zero-order chi connectivity index (χ0) is 28.6. The van der Waals surface area contributed by atoms with Crippen molar-refractivity contribution in [1.29, 1.82) is 0 Å². The van der Waals surface area contributed by atoms with Gasteiger partial charge in [-0.1, -0.05) is 133 Å². The highest BCUT2D eigenvalue weighted by atomic mass is 15.0. The Bertz CT molecular complexity index is 2080. The Morgan fingerprint density at radius 2 is 0.581 bits per heavy atom. The summed E-state index contributed by atoms with van der Waals surface area (Å²) in [5, 5.41) is 2.56. The molecule has 0 unspecified atom stereocenters. The molecule has 7 aromatic carbocycles.